The predicted octanol–water partition coefficient (Wildman–Crippen LogP) is 4.07. The van der Waals surface area contributed by atoms with Crippen LogP contribution in [0.15, 0.2) is 47.1 Å². The molecule has 168 valence electrons. The predicted molar refractivity (Wildman–Crippen MR) is 119 cm³/mol. The van der Waals surface area contributed by atoms with Gasteiger partial charge in [-0.2, -0.15) is 0 Å². The molecule has 1 aliphatic rings. The zero-order chi connectivity index (χ0) is 23.2. The van der Waals surface area contributed by atoms with Crippen molar-refractivity contribution < 1.29 is 28.4 Å². The van der Waals surface area contributed by atoms with Crippen molar-refractivity contribution in [1.29, 1.82) is 0 Å². The third-order valence-corrected chi connectivity index (χ3v) is 5.92. The molecule has 0 aromatic heterocycles. The van der Waals surface area contributed by atoms with Gasteiger partial charge in [-0.05, 0) is 65.0 Å². The van der Waals surface area contributed by atoms with Crippen molar-refractivity contribution in [2.24, 2.45) is 5.92 Å². The smallest absolute Gasteiger partial charge is 0.468 e. The minimum Gasteiger partial charge on any atom is -0.468 e. The Morgan fingerprint density at radius 3 is 2.00 bits per heavy atom. The summed E-state index contributed by atoms with van der Waals surface area (Å²) in [5.41, 5.74) is 5.15. The van der Waals surface area contributed by atoms with Gasteiger partial charge in [0.25, 0.3) is 0 Å². The lowest BCUT2D eigenvalue weighted by Crippen LogP contribution is -2.41. The summed E-state index contributed by atoms with van der Waals surface area (Å²) in [6.07, 6.45) is 1.60. The molecule has 1 aromatic rings. The lowest BCUT2D eigenvalue weighted by molar-refractivity contribution is -0.158. The number of hydrogen-bond acceptors (Lipinski definition) is 6. The molecule has 0 aliphatic carbocycles. The maximum absolute atomic E-state index is 12.1. The first kappa shape index (κ1) is 24.9. The van der Waals surface area contributed by atoms with Crippen LogP contribution in [-0.4, -0.2) is 44.5 Å². The molecule has 1 saturated heterocycles. The molecule has 2 rings (SSSR count). The van der Waals surface area contributed by atoms with Crippen LogP contribution in [0.4, 0.5) is 0 Å². The molecule has 0 amide bonds. The monoisotopic (exact) mass is 428 g/mol. The van der Waals surface area contributed by atoms with Gasteiger partial charge in [-0.25, -0.2) is 0 Å². The van der Waals surface area contributed by atoms with Gasteiger partial charge >= 0.3 is 19.1 Å². The molecule has 7 heteroatoms. The molecule has 1 aliphatic heterocycles. The van der Waals surface area contributed by atoms with Crippen LogP contribution in [-0.2, 0) is 34.8 Å². The molecule has 0 bridgehead atoms. The van der Waals surface area contributed by atoms with Gasteiger partial charge < -0.3 is 18.8 Å². The summed E-state index contributed by atoms with van der Waals surface area (Å²) in [6, 6.07) is 10.1. The minimum absolute atomic E-state index is 0.147. The van der Waals surface area contributed by atoms with E-state index < -0.39 is 36.2 Å². The van der Waals surface area contributed by atoms with E-state index in [2.05, 4.69) is 17.9 Å². The standard InChI is InChI=1S/C24H33BO6/c1-17(16-20(21(26)28-6)22(27)29-7)15-19(14-13-18-11-9-8-10-12-18)25-30-23(2,3)24(4,5)31-25/h8-12,20H,13-14,16H2,1-7H3. The van der Waals surface area contributed by atoms with E-state index >= 15 is 0 Å². The van der Waals surface area contributed by atoms with Crippen LogP contribution in [0.3, 0.4) is 0 Å². The molecule has 31 heavy (non-hydrogen) atoms. The van der Waals surface area contributed by atoms with E-state index in [1.807, 2.05) is 52.8 Å². The van der Waals surface area contributed by atoms with E-state index in [-0.39, 0.29) is 6.42 Å². The van der Waals surface area contributed by atoms with E-state index in [0.29, 0.717) is 6.42 Å². The highest BCUT2D eigenvalue weighted by Gasteiger charge is 2.52. The number of esters is 2. The quantitative estimate of drug-likeness (QED) is 0.269. The van der Waals surface area contributed by atoms with E-state index in [1.54, 1.807) is 0 Å². The van der Waals surface area contributed by atoms with Gasteiger partial charge in [0.2, 0.25) is 0 Å². The number of rotatable bonds is 8. The van der Waals surface area contributed by atoms with Crippen LogP contribution in [0.5, 0.6) is 0 Å². The fourth-order valence-corrected chi connectivity index (χ4v) is 3.33. The van der Waals surface area contributed by atoms with Crippen molar-refractivity contribution in [2.75, 3.05) is 14.2 Å². The number of benzene rings is 1. The van der Waals surface area contributed by atoms with E-state index in [1.165, 1.54) is 19.8 Å². The topological polar surface area (TPSA) is 71.1 Å². The van der Waals surface area contributed by atoms with Crippen molar-refractivity contribution in [3.8, 4) is 0 Å². The van der Waals surface area contributed by atoms with Gasteiger partial charge in [0.05, 0.1) is 25.4 Å². The molecular formula is C24H33BO6. The Morgan fingerprint density at radius 2 is 1.52 bits per heavy atom. The Bertz CT molecular complexity index is 820. The molecule has 0 spiro atoms. The number of hydrogen-bond donors (Lipinski definition) is 0. The minimum atomic E-state index is -1.03. The molecule has 0 unspecified atom stereocenters. The summed E-state index contributed by atoms with van der Waals surface area (Å²) in [5.74, 6) is -2.29. The van der Waals surface area contributed by atoms with Crippen molar-refractivity contribution in [2.45, 2.75) is 65.1 Å². The van der Waals surface area contributed by atoms with Crippen LogP contribution in [0.25, 0.3) is 0 Å². The first-order valence-corrected chi connectivity index (χ1v) is 10.5. The molecule has 0 N–H and O–H groups in total. The van der Waals surface area contributed by atoms with Crippen molar-refractivity contribution >= 4 is 19.1 Å². The number of carbonyl (C=O) groups is 2. The van der Waals surface area contributed by atoms with Gasteiger partial charge in [-0.1, -0.05) is 30.3 Å². The molecule has 1 heterocycles. The summed E-state index contributed by atoms with van der Waals surface area (Å²) in [5, 5.41) is 0. The van der Waals surface area contributed by atoms with Gasteiger partial charge in [0.15, 0.2) is 5.92 Å². The third-order valence-electron chi connectivity index (χ3n) is 5.92. The maximum Gasteiger partial charge on any atom is 0.498 e. The Labute approximate surface area is 185 Å². The molecule has 0 saturated carbocycles. The molecule has 0 radical (unpaired) electrons. The first-order valence-electron chi connectivity index (χ1n) is 10.5. The van der Waals surface area contributed by atoms with Gasteiger partial charge in [0.1, 0.15) is 0 Å². The summed E-state index contributed by atoms with van der Waals surface area (Å²) >= 11 is 0. The fraction of sp³-hybridized carbons (Fsp3) is 0.542. The van der Waals surface area contributed by atoms with Crippen LogP contribution in [0.2, 0.25) is 0 Å². The number of aryl methyl sites for hydroxylation is 1. The Hall–Kier alpha value is -2.34. The van der Waals surface area contributed by atoms with Crippen molar-refractivity contribution in [1.82, 2.24) is 0 Å². The van der Waals surface area contributed by atoms with E-state index in [0.717, 1.165) is 17.5 Å². The second-order valence-electron chi connectivity index (χ2n) is 8.81. The number of methoxy groups -OCH3 is 2. The normalized spacial score (nSPS) is 16.6. The number of carbonyl (C=O) groups excluding carboxylic acids is 2. The summed E-state index contributed by atoms with van der Waals surface area (Å²) in [6.45, 7) is 9.84. The number of ether oxygens (including phenoxy) is 2. The van der Waals surface area contributed by atoms with Crippen LogP contribution < -0.4 is 0 Å². The Kier molecular flexibility index (Phi) is 8.30. The van der Waals surface area contributed by atoms with Gasteiger partial charge in [-0.3, -0.25) is 9.59 Å². The second-order valence-corrected chi connectivity index (χ2v) is 8.81. The fourth-order valence-electron chi connectivity index (χ4n) is 3.33. The van der Waals surface area contributed by atoms with Crippen molar-refractivity contribution in [3.05, 3.63) is 52.7 Å². The molecule has 1 fully saturated rings. The summed E-state index contributed by atoms with van der Waals surface area (Å²) in [4.78, 5) is 24.1. The molecule has 0 atom stereocenters. The molecule has 6 nitrogen and oxygen atoms in total. The number of allylic oxidation sites excluding steroid dienone is 1. The highest BCUT2D eigenvalue weighted by atomic mass is 16.7. The van der Waals surface area contributed by atoms with E-state index in [4.69, 9.17) is 18.8 Å². The lowest BCUT2D eigenvalue weighted by atomic mass is 9.75. The van der Waals surface area contributed by atoms with E-state index in [9.17, 15) is 9.59 Å². The first-order chi connectivity index (χ1) is 14.5. The zero-order valence-electron chi connectivity index (χ0n) is 19.6. The average molecular weight is 428 g/mol. The SMILES string of the molecule is COC(=O)C(CC(C)=C=C(CCc1ccccc1)B1OC(C)(C)C(C)(C)O1)C(=O)OC. The third kappa shape index (κ3) is 6.33. The largest absolute Gasteiger partial charge is 0.498 e. The average Bonchev–Trinajstić information content (AvgIpc) is 2.95. The van der Waals surface area contributed by atoms with Gasteiger partial charge in [-0.15, -0.1) is 5.73 Å². The molecular weight excluding hydrogens is 395 g/mol. The van der Waals surface area contributed by atoms with Crippen LogP contribution in [0, 0.1) is 5.92 Å². The second kappa shape index (κ2) is 10.3. The highest BCUT2D eigenvalue weighted by Crippen LogP contribution is 2.39. The van der Waals surface area contributed by atoms with Crippen LogP contribution >= 0.6 is 0 Å². The summed E-state index contributed by atoms with van der Waals surface area (Å²) in [7, 11) is 1.95. The molecule has 1 aromatic carbocycles. The Morgan fingerprint density at radius 1 is 1.00 bits per heavy atom. The summed E-state index contributed by atoms with van der Waals surface area (Å²) < 4.78 is 22.0. The maximum atomic E-state index is 12.1. The van der Waals surface area contributed by atoms with Crippen molar-refractivity contribution in [3.63, 3.8) is 0 Å². The zero-order valence-corrected chi connectivity index (χ0v) is 19.6. The Balaban J connectivity index is 2.36. The van der Waals surface area contributed by atoms with Crippen LogP contribution in [0.1, 0.15) is 53.0 Å². The highest BCUT2D eigenvalue weighted by molar-refractivity contribution is 6.54. The van der Waals surface area contributed by atoms with Gasteiger partial charge in [0, 0.05) is 5.47 Å². The lowest BCUT2D eigenvalue weighted by Gasteiger charge is -2.32.